The number of benzene rings is 2. The number of fused-ring (bicyclic) bond motifs is 1. The van der Waals surface area contributed by atoms with Crippen LogP contribution in [0, 0.1) is 5.92 Å². The second kappa shape index (κ2) is 6.40. The number of ether oxygens (including phenoxy) is 1. The second-order valence-electron chi connectivity index (χ2n) is 5.27. The molecule has 0 spiro atoms. The Morgan fingerprint density at radius 1 is 1.14 bits per heavy atom. The van der Waals surface area contributed by atoms with E-state index < -0.39 is 10.0 Å². The minimum Gasteiger partial charge on any atom is -0.493 e. The lowest BCUT2D eigenvalue weighted by molar-refractivity contribution is 0.223. The van der Waals surface area contributed by atoms with Crippen LogP contribution >= 0.6 is 15.9 Å². The summed E-state index contributed by atoms with van der Waals surface area (Å²) in [6.45, 7) is 0.882. The lowest BCUT2D eigenvalue weighted by Gasteiger charge is -2.25. The van der Waals surface area contributed by atoms with Crippen LogP contribution in [-0.4, -0.2) is 21.6 Å². The van der Waals surface area contributed by atoms with E-state index in [1.54, 1.807) is 24.3 Å². The molecule has 1 heterocycles. The predicted molar refractivity (Wildman–Crippen MR) is 88.5 cm³/mol. The first-order valence-corrected chi connectivity index (χ1v) is 9.29. The third kappa shape index (κ3) is 3.34. The van der Waals surface area contributed by atoms with Crippen LogP contribution in [0.3, 0.4) is 0 Å². The summed E-state index contributed by atoms with van der Waals surface area (Å²) in [5.41, 5.74) is 1.12. The van der Waals surface area contributed by atoms with E-state index in [-0.39, 0.29) is 10.8 Å². The summed E-state index contributed by atoms with van der Waals surface area (Å²) in [5, 5.41) is 0. The van der Waals surface area contributed by atoms with Crippen molar-refractivity contribution in [2.45, 2.75) is 11.3 Å². The van der Waals surface area contributed by atoms with Gasteiger partial charge in [0.15, 0.2) is 0 Å². The summed E-state index contributed by atoms with van der Waals surface area (Å²) >= 11 is 3.28. The Labute approximate surface area is 138 Å². The molecular formula is C16H16BrNO3S. The normalized spacial score (nSPS) is 17.6. The highest BCUT2D eigenvalue weighted by atomic mass is 79.9. The molecule has 2 aromatic carbocycles. The highest BCUT2D eigenvalue weighted by Gasteiger charge is 2.23. The molecule has 0 saturated heterocycles. The topological polar surface area (TPSA) is 55.4 Å². The molecule has 1 aliphatic heterocycles. The summed E-state index contributed by atoms with van der Waals surface area (Å²) in [6.07, 6.45) is 0.814. The standard InChI is InChI=1S/C16H16BrNO3S/c17-14-6-2-4-8-16(14)22(19,20)18-10-12-9-13-5-1-3-7-15(13)21-11-12/h1-8,12,18H,9-11H2. The summed E-state index contributed by atoms with van der Waals surface area (Å²) in [7, 11) is -3.52. The third-order valence-corrected chi connectivity index (χ3v) is 6.08. The highest BCUT2D eigenvalue weighted by molar-refractivity contribution is 9.10. The lowest BCUT2D eigenvalue weighted by atomic mass is 9.97. The summed E-state index contributed by atoms with van der Waals surface area (Å²) in [4.78, 5) is 0.257. The van der Waals surface area contributed by atoms with Crippen molar-refractivity contribution < 1.29 is 13.2 Å². The molecule has 1 atom stereocenters. The van der Waals surface area contributed by atoms with Crippen molar-refractivity contribution in [2.24, 2.45) is 5.92 Å². The van der Waals surface area contributed by atoms with Gasteiger partial charge >= 0.3 is 0 Å². The van der Waals surface area contributed by atoms with Gasteiger partial charge in [-0.3, -0.25) is 0 Å². The van der Waals surface area contributed by atoms with Gasteiger partial charge in [-0.2, -0.15) is 0 Å². The lowest BCUT2D eigenvalue weighted by Crippen LogP contribution is -2.34. The Bertz CT molecular complexity index is 776. The first-order chi connectivity index (χ1) is 10.6. The van der Waals surface area contributed by atoms with Crippen LogP contribution in [0.1, 0.15) is 5.56 Å². The van der Waals surface area contributed by atoms with E-state index in [9.17, 15) is 8.42 Å². The zero-order valence-corrected chi connectivity index (χ0v) is 14.2. The van der Waals surface area contributed by atoms with Gasteiger partial charge in [-0.15, -0.1) is 0 Å². The maximum atomic E-state index is 12.4. The van der Waals surface area contributed by atoms with Crippen molar-refractivity contribution in [1.82, 2.24) is 4.72 Å². The quantitative estimate of drug-likeness (QED) is 0.885. The monoisotopic (exact) mass is 381 g/mol. The number of para-hydroxylation sites is 1. The van der Waals surface area contributed by atoms with Gasteiger partial charge in [0.05, 0.1) is 11.5 Å². The maximum absolute atomic E-state index is 12.4. The fraction of sp³-hybridized carbons (Fsp3) is 0.250. The number of halogens is 1. The highest BCUT2D eigenvalue weighted by Crippen LogP contribution is 2.27. The summed E-state index contributed by atoms with van der Waals surface area (Å²) < 4.78 is 33.6. The SMILES string of the molecule is O=S(=O)(NCC1COc2ccccc2C1)c1ccccc1Br. The molecule has 0 saturated carbocycles. The van der Waals surface area contributed by atoms with Crippen LogP contribution < -0.4 is 9.46 Å². The molecular weight excluding hydrogens is 366 g/mol. The van der Waals surface area contributed by atoms with E-state index in [0.717, 1.165) is 17.7 Å². The number of hydrogen-bond donors (Lipinski definition) is 1. The van der Waals surface area contributed by atoms with E-state index in [1.807, 2.05) is 24.3 Å². The zero-order chi connectivity index (χ0) is 15.6. The average Bonchev–Trinajstić information content (AvgIpc) is 2.53. The molecule has 1 aliphatic rings. The van der Waals surface area contributed by atoms with E-state index in [0.29, 0.717) is 17.6 Å². The third-order valence-electron chi connectivity index (χ3n) is 3.64. The molecule has 0 amide bonds. The molecule has 0 aromatic heterocycles. The van der Waals surface area contributed by atoms with Crippen LogP contribution in [0.2, 0.25) is 0 Å². The summed E-state index contributed by atoms with van der Waals surface area (Å²) in [5.74, 6) is 1.03. The van der Waals surface area contributed by atoms with Crippen LogP contribution in [0.4, 0.5) is 0 Å². The molecule has 6 heteroatoms. The molecule has 22 heavy (non-hydrogen) atoms. The van der Waals surface area contributed by atoms with Crippen molar-refractivity contribution in [3.63, 3.8) is 0 Å². The van der Waals surface area contributed by atoms with Crippen molar-refractivity contribution >= 4 is 26.0 Å². The molecule has 0 aliphatic carbocycles. The molecule has 4 nitrogen and oxygen atoms in total. The number of sulfonamides is 1. The van der Waals surface area contributed by atoms with E-state index in [4.69, 9.17) is 4.74 Å². The molecule has 0 bridgehead atoms. The second-order valence-corrected chi connectivity index (χ2v) is 7.86. The Balaban J connectivity index is 1.67. The predicted octanol–water partition coefficient (Wildman–Crippen LogP) is 2.98. The minimum atomic E-state index is -3.52. The number of rotatable bonds is 4. The fourth-order valence-corrected chi connectivity index (χ4v) is 4.61. The summed E-state index contributed by atoms with van der Waals surface area (Å²) in [6, 6.07) is 14.7. The van der Waals surface area contributed by atoms with Crippen molar-refractivity contribution in [1.29, 1.82) is 0 Å². The molecule has 1 N–H and O–H groups in total. The molecule has 2 aromatic rings. The first kappa shape index (κ1) is 15.5. The number of nitrogens with one attached hydrogen (secondary N) is 1. The Morgan fingerprint density at radius 3 is 2.68 bits per heavy atom. The van der Waals surface area contributed by atoms with E-state index >= 15 is 0 Å². The molecule has 3 rings (SSSR count). The van der Waals surface area contributed by atoms with Crippen molar-refractivity contribution in [3.05, 3.63) is 58.6 Å². The molecule has 0 fully saturated rings. The smallest absolute Gasteiger partial charge is 0.241 e. The largest absolute Gasteiger partial charge is 0.493 e. The van der Waals surface area contributed by atoms with Gasteiger partial charge in [0.1, 0.15) is 5.75 Å². The van der Waals surface area contributed by atoms with E-state index in [1.165, 1.54) is 0 Å². The van der Waals surface area contributed by atoms with E-state index in [2.05, 4.69) is 20.7 Å². The minimum absolute atomic E-state index is 0.132. The fourth-order valence-electron chi connectivity index (χ4n) is 2.49. The molecule has 116 valence electrons. The van der Waals surface area contributed by atoms with Crippen LogP contribution in [0.25, 0.3) is 0 Å². The first-order valence-electron chi connectivity index (χ1n) is 7.01. The van der Waals surface area contributed by atoms with Gasteiger partial charge in [0, 0.05) is 16.9 Å². The Kier molecular flexibility index (Phi) is 4.52. The van der Waals surface area contributed by atoms with Gasteiger partial charge in [-0.1, -0.05) is 30.3 Å². The van der Waals surface area contributed by atoms with Gasteiger partial charge in [0.2, 0.25) is 10.0 Å². The number of hydrogen-bond acceptors (Lipinski definition) is 3. The molecule has 0 radical (unpaired) electrons. The van der Waals surface area contributed by atoms with Gasteiger partial charge < -0.3 is 4.74 Å². The van der Waals surface area contributed by atoms with Crippen LogP contribution in [-0.2, 0) is 16.4 Å². The van der Waals surface area contributed by atoms with Gasteiger partial charge in [-0.05, 0) is 46.1 Å². The maximum Gasteiger partial charge on any atom is 0.241 e. The molecule has 1 unspecified atom stereocenters. The Hall–Kier alpha value is -1.37. The van der Waals surface area contributed by atoms with Gasteiger partial charge in [0.25, 0.3) is 0 Å². The van der Waals surface area contributed by atoms with Crippen molar-refractivity contribution in [3.8, 4) is 5.75 Å². The van der Waals surface area contributed by atoms with Crippen LogP contribution in [0.15, 0.2) is 57.9 Å². The van der Waals surface area contributed by atoms with Crippen LogP contribution in [0.5, 0.6) is 5.75 Å². The van der Waals surface area contributed by atoms with Gasteiger partial charge in [-0.25, -0.2) is 13.1 Å². The average molecular weight is 382 g/mol. The van der Waals surface area contributed by atoms with Crippen molar-refractivity contribution in [2.75, 3.05) is 13.2 Å². The zero-order valence-electron chi connectivity index (χ0n) is 11.8. The Morgan fingerprint density at radius 2 is 1.86 bits per heavy atom.